The minimum atomic E-state index is -0.777. The first-order valence-electron chi connectivity index (χ1n) is 7.79. The smallest absolute Gasteiger partial charge is 0.302 e. The van der Waals surface area contributed by atoms with Gasteiger partial charge in [-0.15, -0.1) is 0 Å². The highest BCUT2D eigenvalue weighted by molar-refractivity contribution is 5.66. The van der Waals surface area contributed by atoms with Gasteiger partial charge in [-0.25, -0.2) is 0 Å². The van der Waals surface area contributed by atoms with E-state index in [1.807, 2.05) is 37.4 Å². The summed E-state index contributed by atoms with van der Waals surface area (Å²) in [5.41, 5.74) is 0.784. The Bertz CT molecular complexity index is 535. The SMILES string of the molecule is CC(=O)O[C@@H]1C[C@H]2C[C@H](O)[C@@H]([C@H](O)c3ccccc3)[C@@H]1N2C. The quantitative estimate of drug-likeness (QED) is 0.819. The summed E-state index contributed by atoms with van der Waals surface area (Å²) < 4.78 is 5.46. The van der Waals surface area contributed by atoms with Crippen molar-refractivity contribution in [2.45, 2.75) is 50.2 Å². The zero-order valence-corrected chi connectivity index (χ0v) is 12.9. The van der Waals surface area contributed by atoms with Crippen molar-refractivity contribution in [1.82, 2.24) is 4.90 Å². The summed E-state index contributed by atoms with van der Waals surface area (Å²) in [6.45, 7) is 1.40. The van der Waals surface area contributed by atoms with Gasteiger partial charge >= 0.3 is 5.97 Å². The van der Waals surface area contributed by atoms with E-state index in [1.54, 1.807) is 0 Å². The fourth-order valence-corrected chi connectivity index (χ4v) is 4.13. The van der Waals surface area contributed by atoms with Gasteiger partial charge in [0, 0.05) is 25.3 Å². The van der Waals surface area contributed by atoms with E-state index < -0.39 is 12.2 Å². The zero-order valence-electron chi connectivity index (χ0n) is 12.9. The minimum absolute atomic E-state index is 0.159. The average molecular weight is 305 g/mol. The summed E-state index contributed by atoms with van der Waals surface area (Å²) in [6.07, 6.45) is -0.328. The van der Waals surface area contributed by atoms with Crippen LogP contribution >= 0.6 is 0 Å². The number of nitrogens with zero attached hydrogens (tertiary/aromatic N) is 1. The van der Waals surface area contributed by atoms with Crippen LogP contribution in [0.25, 0.3) is 0 Å². The fraction of sp³-hybridized carbons (Fsp3) is 0.588. The third-order valence-corrected chi connectivity index (χ3v) is 5.11. The lowest BCUT2D eigenvalue weighted by Crippen LogP contribution is -2.53. The van der Waals surface area contributed by atoms with Crippen LogP contribution < -0.4 is 0 Å². The molecule has 3 rings (SSSR count). The number of hydrogen-bond donors (Lipinski definition) is 2. The molecule has 0 aliphatic carbocycles. The van der Waals surface area contributed by atoms with Gasteiger partial charge in [0.15, 0.2) is 0 Å². The first kappa shape index (κ1) is 15.5. The maximum atomic E-state index is 11.4. The normalized spacial score (nSPS) is 36.1. The van der Waals surface area contributed by atoms with Crippen LogP contribution in [0, 0.1) is 5.92 Å². The van der Waals surface area contributed by atoms with E-state index >= 15 is 0 Å². The lowest BCUT2D eigenvalue weighted by atomic mass is 9.80. The van der Waals surface area contributed by atoms with Gasteiger partial charge < -0.3 is 14.9 Å². The molecular weight excluding hydrogens is 282 g/mol. The minimum Gasteiger partial charge on any atom is -0.461 e. The van der Waals surface area contributed by atoms with E-state index in [0.29, 0.717) is 6.42 Å². The Hall–Kier alpha value is -1.43. The van der Waals surface area contributed by atoms with E-state index in [-0.39, 0.29) is 30.1 Å². The molecular formula is C17H23NO4. The first-order valence-corrected chi connectivity index (χ1v) is 7.79. The number of ether oxygens (including phenoxy) is 1. The van der Waals surface area contributed by atoms with E-state index in [2.05, 4.69) is 4.90 Å². The maximum Gasteiger partial charge on any atom is 0.302 e. The number of fused-ring (bicyclic) bond motifs is 2. The van der Waals surface area contributed by atoms with Gasteiger partial charge in [-0.3, -0.25) is 9.69 Å². The Morgan fingerprint density at radius 3 is 2.64 bits per heavy atom. The highest BCUT2D eigenvalue weighted by atomic mass is 16.5. The van der Waals surface area contributed by atoms with Gasteiger partial charge in [0.05, 0.1) is 18.2 Å². The third kappa shape index (κ3) is 2.64. The third-order valence-electron chi connectivity index (χ3n) is 5.11. The summed E-state index contributed by atoms with van der Waals surface area (Å²) in [5, 5.41) is 21.3. The lowest BCUT2D eigenvalue weighted by molar-refractivity contribution is -0.151. The molecule has 0 saturated carbocycles. The number of aliphatic hydroxyl groups excluding tert-OH is 2. The molecule has 2 aliphatic rings. The van der Waals surface area contributed by atoms with Crippen molar-refractivity contribution in [3.63, 3.8) is 0 Å². The average Bonchev–Trinajstić information content (AvgIpc) is 2.68. The van der Waals surface area contributed by atoms with Crippen LogP contribution in [0.5, 0.6) is 0 Å². The molecule has 1 aromatic carbocycles. The van der Waals surface area contributed by atoms with Crippen molar-refractivity contribution in [2.75, 3.05) is 7.05 Å². The topological polar surface area (TPSA) is 70.0 Å². The van der Waals surface area contributed by atoms with Gasteiger partial charge in [0.2, 0.25) is 0 Å². The molecule has 2 N–H and O–H groups in total. The van der Waals surface area contributed by atoms with Crippen molar-refractivity contribution in [3.05, 3.63) is 35.9 Å². The van der Waals surface area contributed by atoms with Crippen molar-refractivity contribution < 1.29 is 19.7 Å². The van der Waals surface area contributed by atoms with Gasteiger partial charge in [-0.2, -0.15) is 0 Å². The number of esters is 1. The molecule has 5 nitrogen and oxygen atoms in total. The Morgan fingerprint density at radius 1 is 1.32 bits per heavy atom. The molecule has 0 unspecified atom stereocenters. The molecule has 6 atom stereocenters. The van der Waals surface area contributed by atoms with Crippen molar-refractivity contribution in [1.29, 1.82) is 0 Å². The number of carbonyl (C=O) groups is 1. The molecule has 120 valence electrons. The predicted octanol–water partition coefficient (Wildman–Crippen LogP) is 1.11. The Kier molecular flexibility index (Phi) is 4.21. The molecule has 22 heavy (non-hydrogen) atoms. The molecule has 2 heterocycles. The van der Waals surface area contributed by atoms with E-state index in [0.717, 1.165) is 12.0 Å². The summed E-state index contributed by atoms with van der Waals surface area (Å²) >= 11 is 0. The zero-order chi connectivity index (χ0) is 15.9. The number of likely N-dealkylation sites (N-methyl/N-ethyl adjacent to an activating group) is 1. The van der Waals surface area contributed by atoms with Gasteiger partial charge in [-0.05, 0) is 19.0 Å². The molecule has 2 fully saturated rings. The molecule has 0 spiro atoms. The van der Waals surface area contributed by atoms with Crippen LogP contribution in [0.3, 0.4) is 0 Å². The largest absolute Gasteiger partial charge is 0.461 e. The number of carbonyl (C=O) groups excluding carboxylic acids is 1. The number of benzene rings is 1. The van der Waals surface area contributed by atoms with Crippen LogP contribution in [0.4, 0.5) is 0 Å². The molecule has 2 saturated heterocycles. The van der Waals surface area contributed by atoms with Crippen LogP contribution in [0.2, 0.25) is 0 Å². The molecule has 5 heteroatoms. The van der Waals surface area contributed by atoms with Crippen LogP contribution in [0.15, 0.2) is 30.3 Å². The standard InChI is InChI=1S/C17H23NO4/c1-10(19)22-14-9-12-8-13(20)15(16(14)18(12)2)17(21)11-6-4-3-5-7-11/h3-7,12-17,20-21H,8-9H2,1-2H3/t12-,13+,14-,15-,16-,17-/m1/s1. The van der Waals surface area contributed by atoms with Gasteiger partial charge in [0.25, 0.3) is 0 Å². The first-order chi connectivity index (χ1) is 10.5. The van der Waals surface area contributed by atoms with Crippen LogP contribution in [0.1, 0.15) is 31.4 Å². The number of aliphatic hydroxyl groups is 2. The fourth-order valence-electron chi connectivity index (χ4n) is 4.13. The molecule has 2 aliphatic heterocycles. The lowest BCUT2D eigenvalue weighted by Gasteiger charge is -2.43. The van der Waals surface area contributed by atoms with Gasteiger partial charge in [-0.1, -0.05) is 30.3 Å². The van der Waals surface area contributed by atoms with Crippen molar-refractivity contribution in [2.24, 2.45) is 5.92 Å². The second-order valence-corrected chi connectivity index (χ2v) is 6.43. The molecule has 0 aromatic heterocycles. The number of hydrogen-bond acceptors (Lipinski definition) is 5. The summed E-state index contributed by atoms with van der Waals surface area (Å²) in [7, 11) is 1.98. The Labute approximate surface area is 130 Å². The summed E-state index contributed by atoms with van der Waals surface area (Å²) in [4.78, 5) is 13.5. The Morgan fingerprint density at radius 2 is 2.00 bits per heavy atom. The van der Waals surface area contributed by atoms with E-state index in [9.17, 15) is 15.0 Å². The highest BCUT2D eigenvalue weighted by Crippen LogP contribution is 2.44. The predicted molar refractivity (Wildman–Crippen MR) is 81.0 cm³/mol. The maximum absolute atomic E-state index is 11.4. The second-order valence-electron chi connectivity index (χ2n) is 6.43. The Balaban J connectivity index is 1.89. The van der Waals surface area contributed by atoms with E-state index in [4.69, 9.17) is 4.74 Å². The van der Waals surface area contributed by atoms with Crippen molar-refractivity contribution in [3.8, 4) is 0 Å². The molecule has 0 amide bonds. The monoisotopic (exact) mass is 305 g/mol. The number of rotatable bonds is 3. The number of piperidine rings is 1. The molecule has 2 bridgehead atoms. The summed E-state index contributed by atoms with van der Waals surface area (Å²) in [6, 6.07) is 9.40. The second kappa shape index (κ2) is 5.99. The van der Waals surface area contributed by atoms with Crippen LogP contribution in [-0.4, -0.2) is 52.4 Å². The van der Waals surface area contributed by atoms with Crippen molar-refractivity contribution >= 4 is 5.97 Å². The molecule has 0 radical (unpaired) electrons. The molecule has 1 aromatic rings. The van der Waals surface area contributed by atoms with E-state index in [1.165, 1.54) is 6.92 Å². The summed E-state index contributed by atoms with van der Waals surface area (Å²) in [5.74, 6) is -0.677. The highest BCUT2D eigenvalue weighted by Gasteiger charge is 2.54. The van der Waals surface area contributed by atoms with Gasteiger partial charge in [0.1, 0.15) is 6.10 Å². The van der Waals surface area contributed by atoms with Crippen LogP contribution in [-0.2, 0) is 9.53 Å².